The number of thioether (sulfide) groups is 1. The third-order valence-corrected chi connectivity index (χ3v) is 4.32. The summed E-state index contributed by atoms with van der Waals surface area (Å²) >= 11 is 6.59. The second-order valence-corrected chi connectivity index (χ2v) is 5.63. The van der Waals surface area contributed by atoms with E-state index < -0.39 is 11.6 Å². The standard InChI is InChI=1S/C12H11F2NO2S2/c1-17-11(16)5-8-6-19-12(18)15(8)7-2-3-9(13)10(14)4-7/h2-4,8H,5-6H2,1H3. The maximum absolute atomic E-state index is 13.3. The Hall–Kier alpha value is -1.21. The first-order chi connectivity index (χ1) is 9.02. The molecule has 0 radical (unpaired) electrons. The van der Waals surface area contributed by atoms with Crippen molar-refractivity contribution in [2.24, 2.45) is 0 Å². The molecule has 1 fully saturated rings. The molecular formula is C12H11F2NO2S2. The van der Waals surface area contributed by atoms with Crippen molar-refractivity contribution in [3.8, 4) is 0 Å². The molecule has 102 valence electrons. The van der Waals surface area contributed by atoms with Crippen LogP contribution in [0.25, 0.3) is 0 Å². The van der Waals surface area contributed by atoms with Gasteiger partial charge >= 0.3 is 5.97 Å². The molecule has 19 heavy (non-hydrogen) atoms. The van der Waals surface area contributed by atoms with Gasteiger partial charge in [-0.15, -0.1) is 0 Å². The van der Waals surface area contributed by atoms with Crippen molar-refractivity contribution in [2.75, 3.05) is 17.8 Å². The van der Waals surface area contributed by atoms with Crippen molar-refractivity contribution >= 4 is 40.0 Å². The molecule has 1 aromatic rings. The van der Waals surface area contributed by atoms with Crippen molar-refractivity contribution in [2.45, 2.75) is 12.5 Å². The van der Waals surface area contributed by atoms with E-state index in [9.17, 15) is 13.6 Å². The fourth-order valence-corrected chi connectivity index (χ4v) is 3.29. The summed E-state index contributed by atoms with van der Waals surface area (Å²) in [7, 11) is 1.31. The lowest BCUT2D eigenvalue weighted by Gasteiger charge is -2.24. The quantitative estimate of drug-likeness (QED) is 0.633. The molecule has 0 amide bonds. The summed E-state index contributed by atoms with van der Waals surface area (Å²) in [6, 6.07) is 3.37. The van der Waals surface area contributed by atoms with Crippen LogP contribution >= 0.6 is 24.0 Å². The summed E-state index contributed by atoms with van der Waals surface area (Å²) in [5, 5.41) is 0. The van der Waals surface area contributed by atoms with Gasteiger partial charge in [0.2, 0.25) is 0 Å². The van der Waals surface area contributed by atoms with Crippen molar-refractivity contribution in [1.82, 2.24) is 0 Å². The number of hydrogen-bond donors (Lipinski definition) is 0. The predicted octanol–water partition coefficient (Wildman–Crippen LogP) is 2.73. The number of thiocarbonyl (C=S) groups is 1. The van der Waals surface area contributed by atoms with Crippen molar-refractivity contribution in [3.05, 3.63) is 29.8 Å². The van der Waals surface area contributed by atoms with Crippen molar-refractivity contribution in [3.63, 3.8) is 0 Å². The van der Waals surface area contributed by atoms with Gasteiger partial charge in [-0.3, -0.25) is 4.79 Å². The highest BCUT2D eigenvalue weighted by Crippen LogP contribution is 2.32. The summed E-state index contributed by atoms with van der Waals surface area (Å²) in [5.41, 5.74) is 0.447. The smallest absolute Gasteiger partial charge is 0.307 e. The minimum atomic E-state index is -0.936. The van der Waals surface area contributed by atoms with Gasteiger partial charge in [-0.1, -0.05) is 24.0 Å². The molecule has 0 aliphatic carbocycles. The third kappa shape index (κ3) is 3.03. The molecule has 1 saturated heterocycles. The van der Waals surface area contributed by atoms with Gasteiger partial charge in [-0.05, 0) is 12.1 Å². The molecule has 3 nitrogen and oxygen atoms in total. The minimum Gasteiger partial charge on any atom is -0.469 e. The SMILES string of the molecule is COC(=O)CC1CSC(=S)N1c1ccc(F)c(F)c1. The van der Waals surface area contributed by atoms with Crippen LogP contribution in [0.2, 0.25) is 0 Å². The van der Waals surface area contributed by atoms with E-state index in [-0.39, 0.29) is 18.4 Å². The van der Waals surface area contributed by atoms with Gasteiger partial charge in [0.05, 0.1) is 19.6 Å². The van der Waals surface area contributed by atoms with Crippen molar-refractivity contribution < 1.29 is 18.3 Å². The molecule has 1 heterocycles. The lowest BCUT2D eigenvalue weighted by molar-refractivity contribution is -0.140. The number of ether oxygens (including phenoxy) is 1. The second kappa shape index (κ2) is 5.83. The summed E-state index contributed by atoms with van der Waals surface area (Å²) in [6.07, 6.45) is 0.155. The van der Waals surface area contributed by atoms with E-state index >= 15 is 0 Å². The normalized spacial score (nSPS) is 18.8. The number of halogens is 2. The molecule has 0 N–H and O–H groups in total. The summed E-state index contributed by atoms with van der Waals surface area (Å²) < 4.78 is 31.4. The van der Waals surface area contributed by atoms with Crippen LogP contribution in [0.4, 0.5) is 14.5 Å². The Kier molecular flexibility index (Phi) is 4.36. The average molecular weight is 303 g/mol. The number of methoxy groups -OCH3 is 1. The Morgan fingerprint density at radius 3 is 2.89 bits per heavy atom. The van der Waals surface area contributed by atoms with Crippen LogP contribution in [0.5, 0.6) is 0 Å². The molecule has 0 spiro atoms. The average Bonchev–Trinajstić information content (AvgIpc) is 2.74. The molecule has 1 aromatic carbocycles. The van der Waals surface area contributed by atoms with Gasteiger partial charge in [0.15, 0.2) is 11.6 Å². The predicted molar refractivity (Wildman–Crippen MR) is 74.3 cm³/mol. The highest BCUT2D eigenvalue weighted by Gasteiger charge is 2.32. The van der Waals surface area contributed by atoms with Gasteiger partial charge < -0.3 is 9.64 Å². The number of nitrogens with zero attached hydrogens (tertiary/aromatic N) is 1. The Labute approximate surface area is 118 Å². The van der Waals surface area contributed by atoms with E-state index in [2.05, 4.69) is 4.74 Å². The van der Waals surface area contributed by atoms with Gasteiger partial charge in [0, 0.05) is 17.5 Å². The number of rotatable bonds is 3. The number of carbonyl (C=O) groups is 1. The van der Waals surface area contributed by atoms with E-state index in [0.29, 0.717) is 15.8 Å². The monoisotopic (exact) mass is 303 g/mol. The third-order valence-electron chi connectivity index (χ3n) is 2.77. The van der Waals surface area contributed by atoms with E-state index in [1.807, 2.05) is 0 Å². The number of carbonyl (C=O) groups excluding carboxylic acids is 1. The largest absolute Gasteiger partial charge is 0.469 e. The molecule has 7 heteroatoms. The molecule has 0 saturated carbocycles. The Bertz CT molecular complexity index is 524. The van der Waals surface area contributed by atoms with Crippen LogP contribution in [0.15, 0.2) is 18.2 Å². The molecule has 0 bridgehead atoms. The number of benzene rings is 1. The number of esters is 1. The fraction of sp³-hybridized carbons (Fsp3) is 0.333. The van der Waals surface area contributed by atoms with Crippen molar-refractivity contribution in [1.29, 1.82) is 0 Å². The van der Waals surface area contributed by atoms with Gasteiger partial charge in [-0.25, -0.2) is 8.78 Å². The van der Waals surface area contributed by atoms with E-state index in [4.69, 9.17) is 12.2 Å². The van der Waals surface area contributed by atoms with Crippen LogP contribution in [-0.2, 0) is 9.53 Å². The number of anilines is 1. The van der Waals surface area contributed by atoms with E-state index in [1.165, 1.54) is 24.9 Å². The molecule has 1 atom stereocenters. The maximum atomic E-state index is 13.3. The van der Waals surface area contributed by atoms with E-state index in [1.54, 1.807) is 4.90 Å². The number of hydrogen-bond acceptors (Lipinski definition) is 4. The zero-order valence-corrected chi connectivity index (χ0v) is 11.7. The highest BCUT2D eigenvalue weighted by atomic mass is 32.2. The fourth-order valence-electron chi connectivity index (χ4n) is 1.84. The van der Waals surface area contributed by atoms with Crippen LogP contribution in [0, 0.1) is 11.6 Å². The molecule has 1 aliphatic rings. The first-order valence-electron chi connectivity index (χ1n) is 5.50. The zero-order chi connectivity index (χ0) is 14.0. The summed E-state index contributed by atoms with van der Waals surface area (Å²) in [6.45, 7) is 0. The molecule has 1 unspecified atom stereocenters. The highest BCUT2D eigenvalue weighted by molar-refractivity contribution is 8.23. The van der Waals surface area contributed by atoms with Gasteiger partial charge in [0.1, 0.15) is 4.32 Å². The lowest BCUT2D eigenvalue weighted by atomic mass is 10.2. The maximum Gasteiger partial charge on any atom is 0.307 e. The summed E-state index contributed by atoms with van der Waals surface area (Å²) in [5.74, 6) is -1.59. The molecule has 1 aliphatic heterocycles. The summed E-state index contributed by atoms with van der Waals surface area (Å²) in [4.78, 5) is 13.0. The molecular weight excluding hydrogens is 292 g/mol. The minimum absolute atomic E-state index is 0.155. The van der Waals surface area contributed by atoms with Crippen LogP contribution < -0.4 is 4.90 Å². The van der Waals surface area contributed by atoms with Crippen LogP contribution in [0.3, 0.4) is 0 Å². The van der Waals surface area contributed by atoms with Crippen LogP contribution in [-0.4, -0.2) is 29.2 Å². The lowest BCUT2D eigenvalue weighted by Crippen LogP contribution is -2.35. The Morgan fingerprint density at radius 1 is 1.53 bits per heavy atom. The molecule has 0 aromatic heterocycles. The zero-order valence-electron chi connectivity index (χ0n) is 10.1. The molecule has 2 rings (SSSR count). The first-order valence-corrected chi connectivity index (χ1v) is 6.90. The van der Waals surface area contributed by atoms with E-state index in [0.717, 1.165) is 12.1 Å². The van der Waals surface area contributed by atoms with Gasteiger partial charge in [-0.2, -0.15) is 0 Å². The first kappa shape index (κ1) is 14.2. The second-order valence-electron chi connectivity index (χ2n) is 3.98. The van der Waals surface area contributed by atoms with Crippen LogP contribution in [0.1, 0.15) is 6.42 Å². The Balaban J connectivity index is 2.25. The topological polar surface area (TPSA) is 29.5 Å². The van der Waals surface area contributed by atoms with Gasteiger partial charge in [0.25, 0.3) is 0 Å². The Morgan fingerprint density at radius 2 is 2.26 bits per heavy atom.